The van der Waals surface area contributed by atoms with Gasteiger partial charge in [-0.3, -0.25) is 0 Å². The predicted molar refractivity (Wildman–Crippen MR) is 89.6 cm³/mol. The van der Waals surface area contributed by atoms with Crippen molar-refractivity contribution in [1.29, 1.82) is 0 Å². The summed E-state index contributed by atoms with van der Waals surface area (Å²) < 4.78 is 7.03. The van der Waals surface area contributed by atoms with E-state index in [9.17, 15) is 0 Å². The first kappa shape index (κ1) is 14.0. The molecule has 114 valence electrons. The van der Waals surface area contributed by atoms with Crippen molar-refractivity contribution < 1.29 is 4.43 Å². The monoisotopic (exact) mass is 300 g/mol. The minimum Gasteiger partial charge on any atom is -0.408 e. The molecule has 0 aromatic heterocycles. The third kappa shape index (κ3) is 2.22. The Bertz CT molecular complexity index is 488. The summed E-state index contributed by atoms with van der Waals surface area (Å²) in [6, 6.07) is 11.2. The van der Waals surface area contributed by atoms with Crippen LogP contribution in [0.1, 0.15) is 37.7 Å². The molecular formula is C19H28OSi. The quantitative estimate of drug-likeness (QED) is 0.698. The zero-order valence-electron chi connectivity index (χ0n) is 13.6. The number of benzene rings is 1. The molecule has 0 saturated heterocycles. The third-order valence-corrected chi connectivity index (χ3v) is 7.00. The number of hydrogen-bond donors (Lipinski definition) is 0. The number of hydrogen-bond acceptors (Lipinski definition) is 1. The van der Waals surface area contributed by atoms with Gasteiger partial charge in [-0.2, -0.15) is 0 Å². The molecule has 1 aromatic carbocycles. The van der Waals surface area contributed by atoms with Gasteiger partial charge in [-0.05, 0) is 81.0 Å². The van der Waals surface area contributed by atoms with Gasteiger partial charge in [0.1, 0.15) is 0 Å². The average Bonchev–Trinajstić information content (AvgIpc) is 2.42. The summed E-state index contributed by atoms with van der Waals surface area (Å²) in [6.07, 6.45) is 7.14. The van der Waals surface area contributed by atoms with Gasteiger partial charge in [-0.25, -0.2) is 0 Å². The first-order valence-electron chi connectivity index (χ1n) is 8.73. The van der Waals surface area contributed by atoms with Gasteiger partial charge in [0, 0.05) is 0 Å². The summed E-state index contributed by atoms with van der Waals surface area (Å²) in [6.45, 7) is 7.09. The van der Waals surface area contributed by atoms with Crippen LogP contribution in [-0.2, 0) is 10.0 Å². The van der Waals surface area contributed by atoms with E-state index in [1.165, 1.54) is 37.7 Å². The van der Waals surface area contributed by atoms with Crippen molar-refractivity contribution >= 4 is 8.32 Å². The van der Waals surface area contributed by atoms with E-state index in [0.29, 0.717) is 0 Å². The van der Waals surface area contributed by atoms with E-state index in [-0.39, 0.29) is 5.60 Å². The molecule has 4 aliphatic carbocycles. The molecule has 4 bridgehead atoms. The molecule has 0 N–H and O–H groups in total. The van der Waals surface area contributed by atoms with Crippen molar-refractivity contribution in [3.8, 4) is 0 Å². The smallest absolute Gasteiger partial charge is 0.185 e. The number of rotatable bonds is 3. The Hall–Kier alpha value is -0.603. The van der Waals surface area contributed by atoms with Crippen molar-refractivity contribution in [3.05, 3.63) is 35.9 Å². The maximum Gasteiger partial charge on any atom is 0.185 e. The fourth-order valence-corrected chi connectivity index (χ4v) is 7.25. The minimum absolute atomic E-state index is 0.0408. The van der Waals surface area contributed by atoms with Gasteiger partial charge in [0.15, 0.2) is 8.32 Å². The molecule has 4 saturated carbocycles. The lowest BCUT2D eigenvalue weighted by Crippen LogP contribution is -2.59. The van der Waals surface area contributed by atoms with Crippen LogP contribution in [-0.4, -0.2) is 8.32 Å². The Kier molecular flexibility index (Phi) is 3.13. The Morgan fingerprint density at radius 1 is 0.857 bits per heavy atom. The van der Waals surface area contributed by atoms with Gasteiger partial charge >= 0.3 is 0 Å². The Morgan fingerprint density at radius 3 is 1.86 bits per heavy atom. The maximum atomic E-state index is 7.03. The lowest BCUT2D eigenvalue weighted by Gasteiger charge is -2.62. The van der Waals surface area contributed by atoms with Gasteiger partial charge in [0.05, 0.1) is 5.60 Å². The zero-order chi connectivity index (χ0) is 14.7. The van der Waals surface area contributed by atoms with Crippen molar-refractivity contribution in [3.63, 3.8) is 0 Å². The van der Waals surface area contributed by atoms with Crippen molar-refractivity contribution in [2.75, 3.05) is 0 Å². The molecule has 0 unspecified atom stereocenters. The molecular weight excluding hydrogens is 272 g/mol. The first-order valence-corrected chi connectivity index (χ1v) is 12.1. The van der Waals surface area contributed by atoms with Crippen LogP contribution in [0.3, 0.4) is 0 Å². The molecule has 0 heterocycles. The zero-order valence-corrected chi connectivity index (χ0v) is 14.6. The van der Waals surface area contributed by atoms with Gasteiger partial charge in [0.2, 0.25) is 0 Å². The van der Waals surface area contributed by atoms with Gasteiger partial charge in [-0.15, -0.1) is 0 Å². The molecule has 4 aliphatic rings. The van der Waals surface area contributed by atoms with Crippen LogP contribution in [0, 0.1) is 23.7 Å². The molecule has 2 heteroatoms. The van der Waals surface area contributed by atoms with Crippen molar-refractivity contribution in [2.45, 2.75) is 57.3 Å². The molecule has 4 fully saturated rings. The fourth-order valence-electron chi connectivity index (χ4n) is 5.79. The maximum absolute atomic E-state index is 7.03. The molecule has 0 atom stereocenters. The Morgan fingerprint density at radius 2 is 1.38 bits per heavy atom. The van der Waals surface area contributed by atoms with Gasteiger partial charge in [-0.1, -0.05) is 30.3 Å². The van der Waals surface area contributed by atoms with Crippen molar-refractivity contribution in [1.82, 2.24) is 0 Å². The highest BCUT2D eigenvalue weighted by Gasteiger charge is 2.59. The molecule has 0 radical (unpaired) electrons. The summed E-state index contributed by atoms with van der Waals surface area (Å²) in [5.41, 5.74) is 1.51. The van der Waals surface area contributed by atoms with E-state index < -0.39 is 8.32 Å². The van der Waals surface area contributed by atoms with Gasteiger partial charge < -0.3 is 4.43 Å². The van der Waals surface area contributed by atoms with Crippen LogP contribution in [0.4, 0.5) is 0 Å². The lowest BCUT2D eigenvalue weighted by atomic mass is 9.48. The van der Waals surface area contributed by atoms with E-state index in [2.05, 4.69) is 50.0 Å². The lowest BCUT2D eigenvalue weighted by molar-refractivity contribution is -0.167. The summed E-state index contributed by atoms with van der Waals surface area (Å²) in [5, 5.41) is 0. The summed E-state index contributed by atoms with van der Waals surface area (Å²) in [7, 11) is -1.57. The van der Waals surface area contributed by atoms with Crippen LogP contribution in [0.15, 0.2) is 30.3 Å². The predicted octanol–water partition coefficient (Wildman–Crippen LogP) is 5.19. The molecule has 0 aliphatic heterocycles. The Balaban J connectivity index is 1.81. The van der Waals surface area contributed by atoms with Gasteiger partial charge in [0.25, 0.3) is 0 Å². The van der Waals surface area contributed by atoms with E-state index in [1.807, 2.05) is 0 Å². The third-order valence-electron chi connectivity index (χ3n) is 6.05. The molecule has 0 amide bonds. The first-order chi connectivity index (χ1) is 9.97. The SMILES string of the molecule is C[Si](C)(C)OC1(c2ccccc2)C2CC3CC(C2)CC1C3. The van der Waals surface area contributed by atoms with Crippen LogP contribution >= 0.6 is 0 Å². The standard InChI is InChI=1S/C19H28OSi/c1-21(2,3)20-19(16-7-5-4-6-8-16)17-10-14-9-15(12-17)13-18(19)11-14/h4-8,14-15,17-18H,9-13H2,1-3H3. The fraction of sp³-hybridized carbons (Fsp3) is 0.684. The molecule has 0 spiro atoms. The molecule has 1 aromatic rings. The highest BCUT2D eigenvalue weighted by Crippen LogP contribution is 2.63. The molecule has 21 heavy (non-hydrogen) atoms. The second-order valence-electron chi connectivity index (χ2n) is 8.68. The normalized spacial score (nSPS) is 41.5. The van der Waals surface area contributed by atoms with E-state index in [4.69, 9.17) is 4.43 Å². The van der Waals surface area contributed by atoms with Crippen LogP contribution in [0.5, 0.6) is 0 Å². The van der Waals surface area contributed by atoms with Crippen LogP contribution in [0.2, 0.25) is 19.6 Å². The summed E-state index contributed by atoms with van der Waals surface area (Å²) in [5.74, 6) is 3.52. The summed E-state index contributed by atoms with van der Waals surface area (Å²) in [4.78, 5) is 0. The van der Waals surface area contributed by atoms with Crippen LogP contribution in [0.25, 0.3) is 0 Å². The highest BCUT2D eigenvalue weighted by molar-refractivity contribution is 6.69. The highest BCUT2D eigenvalue weighted by atomic mass is 28.4. The summed E-state index contributed by atoms with van der Waals surface area (Å²) >= 11 is 0. The van der Waals surface area contributed by atoms with Crippen LogP contribution < -0.4 is 0 Å². The van der Waals surface area contributed by atoms with E-state index in [0.717, 1.165) is 23.7 Å². The molecule has 5 rings (SSSR count). The topological polar surface area (TPSA) is 9.23 Å². The molecule has 1 nitrogen and oxygen atoms in total. The largest absolute Gasteiger partial charge is 0.408 e. The minimum atomic E-state index is -1.57. The van der Waals surface area contributed by atoms with E-state index in [1.54, 1.807) is 0 Å². The second kappa shape index (κ2) is 4.69. The second-order valence-corrected chi connectivity index (χ2v) is 13.1. The van der Waals surface area contributed by atoms with Crippen molar-refractivity contribution in [2.24, 2.45) is 23.7 Å². The van der Waals surface area contributed by atoms with E-state index >= 15 is 0 Å². The Labute approximate surface area is 130 Å². The average molecular weight is 301 g/mol.